The summed E-state index contributed by atoms with van der Waals surface area (Å²) in [5.74, 6) is 0.895. The van der Waals surface area contributed by atoms with Gasteiger partial charge in [-0.15, -0.1) is 0 Å². The van der Waals surface area contributed by atoms with Crippen molar-refractivity contribution in [2.75, 3.05) is 19.8 Å². The van der Waals surface area contributed by atoms with Crippen molar-refractivity contribution in [2.24, 2.45) is 11.1 Å². The van der Waals surface area contributed by atoms with E-state index < -0.39 is 5.41 Å². The predicted molar refractivity (Wildman–Crippen MR) is 73.1 cm³/mol. The third-order valence-electron chi connectivity index (χ3n) is 3.71. The van der Waals surface area contributed by atoms with E-state index in [-0.39, 0.29) is 18.4 Å². The molecule has 0 fully saturated rings. The van der Waals surface area contributed by atoms with Crippen LogP contribution >= 0.6 is 0 Å². The zero-order valence-electron chi connectivity index (χ0n) is 11.5. The Morgan fingerprint density at radius 2 is 2.26 bits per heavy atom. The van der Waals surface area contributed by atoms with E-state index >= 15 is 0 Å². The number of hydrogen-bond acceptors (Lipinski definition) is 4. The second kappa shape index (κ2) is 5.61. The van der Waals surface area contributed by atoms with Gasteiger partial charge in [-0.25, -0.2) is 0 Å². The number of carbonyl (C=O) groups is 1. The van der Waals surface area contributed by atoms with Crippen molar-refractivity contribution in [1.29, 1.82) is 0 Å². The molecule has 19 heavy (non-hydrogen) atoms. The van der Waals surface area contributed by atoms with Gasteiger partial charge in [0, 0.05) is 18.0 Å². The summed E-state index contributed by atoms with van der Waals surface area (Å²) >= 11 is 0. The molecule has 1 aromatic rings. The molecule has 0 aromatic heterocycles. The summed E-state index contributed by atoms with van der Waals surface area (Å²) in [6.45, 7) is 4.94. The van der Waals surface area contributed by atoms with Crippen molar-refractivity contribution in [3.8, 4) is 5.75 Å². The minimum Gasteiger partial charge on any atom is -0.493 e. The van der Waals surface area contributed by atoms with Gasteiger partial charge in [0.2, 0.25) is 0 Å². The highest BCUT2D eigenvalue weighted by Gasteiger charge is 2.38. The van der Waals surface area contributed by atoms with Crippen molar-refractivity contribution >= 4 is 5.97 Å². The molecular weight excluding hydrogens is 242 g/mol. The molecule has 4 nitrogen and oxygen atoms in total. The van der Waals surface area contributed by atoms with Crippen LogP contribution in [0, 0.1) is 5.41 Å². The van der Waals surface area contributed by atoms with Gasteiger partial charge < -0.3 is 15.2 Å². The first-order chi connectivity index (χ1) is 9.10. The first kappa shape index (κ1) is 13.9. The second-order valence-corrected chi connectivity index (χ2v) is 5.24. The van der Waals surface area contributed by atoms with Crippen LogP contribution in [0.5, 0.6) is 5.75 Å². The summed E-state index contributed by atoms with van der Waals surface area (Å²) in [4.78, 5) is 12.1. The Labute approximate surface area is 113 Å². The number of rotatable bonds is 5. The fourth-order valence-corrected chi connectivity index (χ4v) is 2.50. The molecule has 1 aliphatic rings. The van der Waals surface area contributed by atoms with Gasteiger partial charge >= 0.3 is 5.97 Å². The SMILES string of the molecule is CCOC(=O)C(C)(CN)CC1COc2ccccc21. The largest absolute Gasteiger partial charge is 0.493 e. The highest BCUT2D eigenvalue weighted by molar-refractivity contribution is 5.76. The lowest BCUT2D eigenvalue weighted by Crippen LogP contribution is -2.39. The van der Waals surface area contributed by atoms with E-state index in [1.807, 2.05) is 32.0 Å². The standard InChI is InChI=1S/C15H21NO3/c1-3-18-14(17)15(2,10-16)8-11-9-19-13-7-5-4-6-12(11)13/h4-7,11H,3,8-10,16H2,1-2H3. The zero-order valence-corrected chi connectivity index (χ0v) is 11.5. The Bertz CT molecular complexity index is 460. The summed E-state index contributed by atoms with van der Waals surface area (Å²) in [6.07, 6.45) is 0.652. The van der Waals surface area contributed by atoms with Crippen LogP contribution in [0.25, 0.3) is 0 Å². The Balaban J connectivity index is 2.14. The Kier molecular flexibility index (Phi) is 4.10. The smallest absolute Gasteiger partial charge is 0.313 e. The first-order valence-electron chi connectivity index (χ1n) is 6.69. The third-order valence-corrected chi connectivity index (χ3v) is 3.71. The van der Waals surface area contributed by atoms with Crippen LogP contribution in [0.15, 0.2) is 24.3 Å². The first-order valence-corrected chi connectivity index (χ1v) is 6.69. The molecule has 2 rings (SSSR count). The van der Waals surface area contributed by atoms with Gasteiger partial charge in [0.25, 0.3) is 0 Å². The highest BCUT2D eigenvalue weighted by Crippen LogP contribution is 2.40. The van der Waals surface area contributed by atoms with E-state index in [1.54, 1.807) is 0 Å². The number of benzene rings is 1. The number of esters is 1. The number of para-hydroxylation sites is 1. The summed E-state index contributed by atoms with van der Waals surface area (Å²) in [5, 5.41) is 0. The molecule has 1 aliphatic heterocycles. The normalized spacial score (nSPS) is 20.3. The average Bonchev–Trinajstić information content (AvgIpc) is 2.82. The number of fused-ring (bicyclic) bond motifs is 1. The molecule has 104 valence electrons. The molecule has 4 heteroatoms. The number of ether oxygens (including phenoxy) is 2. The van der Waals surface area contributed by atoms with E-state index in [1.165, 1.54) is 0 Å². The van der Waals surface area contributed by atoms with Gasteiger partial charge in [-0.05, 0) is 26.3 Å². The van der Waals surface area contributed by atoms with Crippen molar-refractivity contribution in [3.05, 3.63) is 29.8 Å². The molecule has 0 saturated heterocycles. The molecule has 0 saturated carbocycles. The molecule has 0 amide bonds. The topological polar surface area (TPSA) is 61.5 Å². The van der Waals surface area contributed by atoms with E-state index in [4.69, 9.17) is 15.2 Å². The maximum absolute atomic E-state index is 12.1. The summed E-state index contributed by atoms with van der Waals surface area (Å²) in [7, 11) is 0. The lowest BCUT2D eigenvalue weighted by atomic mass is 9.79. The van der Waals surface area contributed by atoms with Crippen LogP contribution in [0.4, 0.5) is 0 Å². The van der Waals surface area contributed by atoms with Crippen LogP contribution in [0.3, 0.4) is 0 Å². The van der Waals surface area contributed by atoms with Gasteiger partial charge in [0.15, 0.2) is 0 Å². The molecule has 0 spiro atoms. The predicted octanol–water partition coefficient (Wildman–Crippen LogP) is 2.08. The molecule has 2 atom stereocenters. The quantitative estimate of drug-likeness (QED) is 0.826. The van der Waals surface area contributed by atoms with Gasteiger partial charge in [-0.2, -0.15) is 0 Å². The van der Waals surface area contributed by atoms with Crippen molar-refractivity contribution < 1.29 is 14.3 Å². The summed E-state index contributed by atoms with van der Waals surface area (Å²) < 4.78 is 10.8. The lowest BCUT2D eigenvalue weighted by molar-refractivity contribution is -0.154. The van der Waals surface area contributed by atoms with Gasteiger partial charge in [0.05, 0.1) is 18.6 Å². The zero-order chi connectivity index (χ0) is 13.9. The fourth-order valence-electron chi connectivity index (χ4n) is 2.50. The van der Waals surface area contributed by atoms with Gasteiger partial charge in [0.1, 0.15) is 5.75 Å². The molecule has 2 unspecified atom stereocenters. The lowest BCUT2D eigenvalue weighted by Gasteiger charge is -2.27. The Morgan fingerprint density at radius 3 is 2.95 bits per heavy atom. The van der Waals surface area contributed by atoms with Crippen LogP contribution in [-0.4, -0.2) is 25.7 Å². The van der Waals surface area contributed by atoms with E-state index in [2.05, 4.69) is 6.07 Å². The molecule has 0 radical (unpaired) electrons. The van der Waals surface area contributed by atoms with Crippen LogP contribution in [-0.2, 0) is 9.53 Å². The highest BCUT2D eigenvalue weighted by atomic mass is 16.5. The van der Waals surface area contributed by atoms with Gasteiger partial charge in [-0.1, -0.05) is 18.2 Å². The molecule has 1 aromatic carbocycles. The summed E-state index contributed by atoms with van der Waals surface area (Å²) in [6, 6.07) is 7.95. The minimum atomic E-state index is -0.651. The van der Waals surface area contributed by atoms with Crippen LogP contribution in [0.1, 0.15) is 31.7 Å². The third kappa shape index (κ3) is 2.73. The summed E-state index contributed by atoms with van der Waals surface area (Å²) in [5.41, 5.74) is 6.30. The van der Waals surface area contributed by atoms with Crippen molar-refractivity contribution in [2.45, 2.75) is 26.2 Å². The molecular formula is C15H21NO3. The Hall–Kier alpha value is -1.55. The maximum Gasteiger partial charge on any atom is 0.313 e. The number of nitrogens with two attached hydrogens (primary N) is 1. The molecule has 1 heterocycles. The molecule has 0 bridgehead atoms. The van der Waals surface area contributed by atoms with Gasteiger partial charge in [-0.3, -0.25) is 4.79 Å². The second-order valence-electron chi connectivity index (χ2n) is 5.24. The molecule has 0 aliphatic carbocycles. The van der Waals surface area contributed by atoms with Crippen LogP contribution < -0.4 is 10.5 Å². The number of carbonyl (C=O) groups excluding carboxylic acids is 1. The van der Waals surface area contributed by atoms with E-state index in [9.17, 15) is 4.79 Å². The minimum absolute atomic E-state index is 0.203. The maximum atomic E-state index is 12.1. The number of hydrogen-bond donors (Lipinski definition) is 1. The monoisotopic (exact) mass is 263 g/mol. The van der Waals surface area contributed by atoms with E-state index in [0.29, 0.717) is 19.6 Å². The Morgan fingerprint density at radius 1 is 1.53 bits per heavy atom. The van der Waals surface area contributed by atoms with E-state index in [0.717, 1.165) is 11.3 Å². The average molecular weight is 263 g/mol. The fraction of sp³-hybridized carbons (Fsp3) is 0.533. The van der Waals surface area contributed by atoms with Crippen LogP contribution in [0.2, 0.25) is 0 Å². The van der Waals surface area contributed by atoms with Crippen molar-refractivity contribution in [1.82, 2.24) is 0 Å². The van der Waals surface area contributed by atoms with Crippen molar-refractivity contribution in [3.63, 3.8) is 0 Å². The molecule has 2 N–H and O–H groups in total.